The lowest BCUT2D eigenvalue weighted by atomic mass is 9.54. The van der Waals surface area contributed by atoms with Crippen molar-refractivity contribution in [1.29, 1.82) is 0 Å². The molecule has 2 aliphatic heterocycles. The maximum atomic E-state index is 3.89. The highest BCUT2D eigenvalue weighted by Crippen LogP contribution is 2.57. The lowest BCUT2D eigenvalue weighted by molar-refractivity contribution is 0.0711. The molecule has 2 aliphatic rings. The summed E-state index contributed by atoms with van der Waals surface area (Å²) >= 11 is 0. The number of para-hydroxylation sites is 2. The molecule has 2 aromatic rings. The third kappa shape index (κ3) is 2.98. The van der Waals surface area contributed by atoms with Crippen molar-refractivity contribution in [2.24, 2.45) is 5.41 Å². The summed E-state index contributed by atoms with van der Waals surface area (Å²) < 4.78 is 0. The summed E-state index contributed by atoms with van der Waals surface area (Å²) in [5.74, 6) is 0. The van der Waals surface area contributed by atoms with Crippen molar-refractivity contribution in [1.82, 2.24) is 0 Å². The van der Waals surface area contributed by atoms with Crippen LogP contribution in [0.1, 0.15) is 77.8 Å². The normalized spacial score (nSPS) is 28.0. The number of unbranched alkanes of at least 4 members (excludes halogenated alkanes) is 1. The van der Waals surface area contributed by atoms with E-state index in [2.05, 4.69) is 87.3 Å². The predicted octanol–water partition coefficient (Wildman–Crippen LogP) is 7.45. The Labute approximate surface area is 177 Å². The second kappa shape index (κ2) is 7.70. The van der Waals surface area contributed by atoms with Gasteiger partial charge in [-0.15, -0.1) is 0 Å². The maximum Gasteiger partial charge on any atom is 0.0640 e. The second-order valence-electron chi connectivity index (χ2n) is 9.54. The topological polar surface area (TPSA) is 15.3 Å². The van der Waals surface area contributed by atoms with Gasteiger partial charge in [-0.25, -0.2) is 0 Å². The Bertz CT molecular complexity index is 873. The van der Waals surface area contributed by atoms with Crippen LogP contribution in [0.3, 0.4) is 0 Å². The van der Waals surface area contributed by atoms with Crippen LogP contribution in [0.15, 0.2) is 42.5 Å². The Hall–Kier alpha value is -1.96. The highest BCUT2D eigenvalue weighted by molar-refractivity contribution is 5.81. The van der Waals surface area contributed by atoms with E-state index in [1.54, 1.807) is 0 Å². The van der Waals surface area contributed by atoms with Gasteiger partial charge in [-0.2, -0.15) is 0 Å². The van der Waals surface area contributed by atoms with Crippen LogP contribution in [-0.4, -0.2) is 12.6 Å². The summed E-state index contributed by atoms with van der Waals surface area (Å²) in [5.41, 5.74) is 7.37. The van der Waals surface area contributed by atoms with Gasteiger partial charge in [0.25, 0.3) is 0 Å². The molecule has 0 spiro atoms. The number of aryl methyl sites for hydroxylation is 1. The van der Waals surface area contributed by atoms with Gasteiger partial charge in [0.05, 0.1) is 11.4 Å². The number of hydrogen-bond donors (Lipinski definition) is 1. The third-order valence-electron chi connectivity index (χ3n) is 8.45. The first-order valence-electron chi connectivity index (χ1n) is 11.7. The average molecular weight is 391 g/mol. The maximum absolute atomic E-state index is 3.89. The number of anilines is 3. The SMILES string of the molecule is CCCCc1cccc2c1N1CCC1C(C)(CC)C(C)(CC)c1ccccc1N2. The van der Waals surface area contributed by atoms with Crippen molar-refractivity contribution < 1.29 is 0 Å². The molecular weight excluding hydrogens is 352 g/mol. The zero-order valence-corrected chi connectivity index (χ0v) is 19.0. The fourth-order valence-corrected chi connectivity index (χ4v) is 6.03. The van der Waals surface area contributed by atoms with E-state index >= 15 is 0 Å². The van der Waals surface area contributed by atoms with Gasteiger partial charge in [0.1, 0.15) is 0 Å². The molecule has 0 amide bonds. The molecule has 3 atom stereocenters. The van der Waals surface area contributed by atoms with Crippen LogP contribution in [0.5, 0.6) is 0 Å². The summed E-state index contributed by atoms with van der Waals surface area (Å²) in [7, 11) is 0. The lowest BCUT2D eigenvalue weighted by Gasteiger charge is -2.59. The molecule has 4 rings (SSSR count). The standard InChI is InChI=1S/C27H38N2/c1-6-9-13-20-14-12-17-23-25(20)29-19-18-24(29)27(5,8-3)26(4,7-2)21-15-10-11-16-22(21)28-23/h10-12,14-17,24,28H,6-9,13,18-19H2,1-5H3. The van der Waals surface area contributed by atoms with Crippen LogP contribution < -0.4 is 10.2 Å². The van der Waals surface area contributed by atoms with Gasteiger partial charge in [0.15, 0.2) is 0 Å². The summed E-state index contributed by atoms with van der Waals surface area (Å²) in [4.78, 5) is 2.75. The molecule has 1 N–H and O–H groups in total. The Morgan fingerprint density at radius 3 is 2.38 bits per heavy atom. The molecule has 2 nitrogen and oxygen atoms in total. The molecule has 1 fully saturated rings. The van der Waals surface area contributed by atoms with Gasteiger partial charge < -0.3 is 10.2 Å². The number of nitrogens with one attached hydrogen (secondary N) is 1. The highest BCUT2D eigenvalue weighted by Gasteiger charge is 2.54. The van der Waals surface area contributed by atoms with Gasteiger partial charge in [-0.05, 0) is 60.8 Å². The first-order valence-corrected chi connectivity index (χ1v) is 11.7. The Balaban J connectivity index is 1.96. The summed E-state index contributed by atoms with van der Waals surface area (Å²) in [5, 5.41) is 3.89. The Morgan fingerprint density at radius 1 is 0.966 bits per heavy atom. The van der Waals surface area contributed by atoms with Crippen LogP contribution in [-0.2, 0) is 11.8 Å². The molecule has 2 aromatic carbocycles. The first-order chi connectivity index (χ1) is 14.0. The van der Waals surface area contributed by atoms with E-state index in [1.807, 2.05) is 0 Å². The lowest BCUT2D eigenvalue weighted by Crippen LogP contribution is -2.62. The molecule has 3 unspecified atom stereocenters. The smallest absolute Gasteiger partial charge is 0.0640 e. The third-order valence-corrected chi connectivity index (χ3v) is 8.45. The number of fused-ring (bicyclic) bond motifs is 4. The zero-order valence-electron chi connectivity index (χ0n) is 19.0. The van der Waals surface area contributed by atoms with Gasteiger partial charge in [-0.3, -0.25) is 0 Å². The first kappa shape index (κ1) is 20.3. The van der Waals surface area contributed by atoms with E-state index in [-0.39, 0.29) is 10.8 Å². The van der Waals surface area contributed by atoms with Crippen molar-refractivity contribution in [2.45, 2.75) is 84.6 Å². The van der Waals surface area contributed by atoms with Crippen molar-refractivity contribution >= 4 is 17.1 Å². The molecule has 0 radical (unpaired) electrons. The minimum atomic E-state index is 0.125. The van der Waals surface area contributed by atoms with Crippen molar-refractivity contribution in [3.63, 3.8) is 0 Å². The molecule has 0 saturated carbocycles. The number of rotatable bonds is 5. The molecule has 0 aromatic heterocycles. The zero-order chi connectivity index (χ0) is 20.6. The van der Waals surface area contributed by atoms with Crippen molar-refractivity contribution in [2.75, 3.05) is 16.8 Å². The molecule has 2 heteroatoms. The summed E-state index contributed by atoms with van der Waals surface area (Å²) in [6, 6.07) is 16.5. The van der Waals surface area contributed by atoms with E-state index in [4.69, 9.17) is 0 Å². The minimum Gasteiger partial charge on any atom is -0.366 e. The Kier molecular flexibility index (Phi) is 5.40. The Morgan fingerprint density at radius 2 is 1.72 bits per heavy atom. The van der Waals surface area contributed by atoms with Crippen LogP contribution in [0, 0.1) is 5.41 Å². The number of hydrogen-bond acceptors (Lipinski definition) is 2. The second-order valence-corrected chi connectivity index (χ2v) is 9.54. The summed E-state index contributed by atoms with van der Waals surface area (Å²) in [6.07, 6.45) is 7.30. The van der Waals surface area contributed by atoms with Crippen LogP contribution in [0.4, 0.5) is 17.1 Å². The number of benzene rings is 2. The molecule has 0 aliphatic carbocycles. The van der Waals surface area contributed by atoms with Crippen molar-refractivity contribution in [3.05, 3.63) is 53.6 Å². The predicted molar refractivity (Wildman–Crippen MR) is 127 cm³/mol. The molecule has 156 valence electrons. The highest BCUT2D eigenvalue weighted by atomic mass is 15.2. The van der Waals surface area contributed by atoms with E-state index in [9.17, 15) is 0 Å². The van der Waals surface area contributed by atoms with Crippen molar-refractivity contribution in [3.8, 4) is 0 Å². The molecule has 1 saturated heterocycles. The fraction of sp³-hybridized carbons (Fsp3) is 0.556. The van der Waals surface area contributed by atoms with Gasteiger partial charge in [0, 0.05) is 23.7 Å². The molecule has 2 heterocycles. The van der Waals surface area contributed by atoms with E-state index < -0.39 is 0 Å². The van der Waals surface area contributed by atoms with Crippen LogP contribution in [0.2, 0.25) is 0 Å². The minimum absolute atomic E-state index is 0.125. The summed E-state index contributed by atoms with van der Waals surface area (Å²) in [6.45, 7) is 13.3. The van der Waals surface area contributed by atoms with Gasteiger partial charge >= 0.3 is 0 Å². The molecular formula is C27H38N2. The van der Waals surface area contributed by atoms with E-state index in [0.717, 1.165) is 6.42 Å². The average Bonchev–Trinajstić information content (AvgIpc) is 2.73. The van der Waals surface area contributed by atoms with E-state index in [0.29, 0.717) is 6.04 Å². The fourth-order valence-electron chi connectivity index (χ4n) is 6.03. The van der Waals surface area contributed by atoms with Gasteiger partial charge in [-0.1, -0.05) is 71.4 Å². The van der Waals surface area contributed by atoms with Crippen LogP contribution >= 0.6 is 0 Å². The molecule has 0 bridgehead atoms. The largest absolute Gasteiger partial charge is 0.366 e. The molecule has 29 heavy (non-hydrogen) atoms. The van der Waals surface area contributed by atoms with E-state index in [1.165, 1.54) is 66.8 Å². The quantitative estimate of drug-likeness (QED) is 0.570. The number of nitrogens with zero attached hydrogens (tertiary/aromatic N) is 1. The van der Waals surface area contributed by atoms with Gasteiger partial charge in [0.2, 0.25) is 0 Å². The monoisotopic (exact) mass is 390 g/mol. The van der Waals surface area contributed by atoms with Crippen LogP contribution in [0.25, 0.3) is 0 Å².